The molecular formula is C43H48O7Si4. The molecule has 0 heterocycles. The largest absolute Gasteiger partial charge is 0.493 e. The Labute approximate surface area is 328 Å². The average molecular weight is 789 g/mol. The molecule has 0 spiro atoms. The molecule has 0 aliphatic carbocycles. The summed E-state index contributed by atoms with van der Waals surface area (Å²) in [5.41, 5.74) is 2.48. The van der Waals surface area contributed by atoms with Crippen LogP contribution in [0.3, 0.4) is 0 Å². The molecule has 6 aromatic carbocycles. The molecule has 0 fully saturated rings. The smallest absolute Gasteiger partial charge is 0.160 e. The highest BCUT2D eigenvalue weighted by molar-refractivity contribution is 6.69. The SMILES string of the molecule is COc1cccc([SiH2]c2ccc(C(O[SiH3])(c3ccc([SiH2]c4cccc(OC)c4OC)cc3)c3ccc([SiH2]c4cccc(OC)c4OC)cc3)cc2)c1OC. The molecule has 6 rings (SSSR count). The maximum atomic E-state index is 6.83. The van der Waals surface area contributed by atoms with Gasteiger partial charge in [0.25, 0.3) is 0 Å². The summed E-state index contributed by atoms with van der Waals surface area (Å²) in [6.07, 6.45) is 0. The van der Waals surface area contributed by atoms with Gasteiger partial charge in [-0.15, -0.1) is 0 Å². The van der Waals surface area contributed by atoms with Crippen molar-refractivity contribution in [1.29, 1.82) is 0 Å². The van der Waals surface area contributed by atoms with Crippen molar-refractivity contribution in [1.82, 2.24) is 0 Å². The van der Waals surface area contributed by atoms with E-state index in [0.717, 1.165) is 51.2 Å². The molecule has 11 heteroatoms. The summed E-state index contributed by atoms with van der Waals surface area (Å²) < 4.78 is 40.9. The second kappa shape index (κ2) is 17.8. The van der Waals surface area contributed by atoms with Gasteiger partial charge in [0.05, 0.1) is 71.2 Å². The first-order valence-corrected chi connectivity index (χ1v) is 22.9. The van der Waals surface area contributed by atoms with E-state index < -0.39 is 34.2 Å². The Hall–Kier alpha value is -5.05. The Balaban J connectivity index is 1.38. The van der Waals surface area contributed by atoms with Crippen LogP contribution in [0.25, 0.3) is 0 Å². The normalized spacial score (nSPS) is 12.8. The van der Waals surface area contributed by atoms with Crippen molar-refractivity contribution in [3.05, 3.63) is 144 Å². The summed E-state index contributed by atoms with van der Waals surface area (Å²) in [5, 5.41) is 7.51. The van der Waals surface area contributed by atoms with E-state index >= 15 is 0 Å². The second-order valence-electron chi connectivity index (χ2n) is 13.0. The number of para-hydroxylation sites is 3. The highest BCUT2D eigenvalue weighted by Crippen LogP contribution is 2.39. The molecule has 0 aromatic heterocycles. The first-order valence-electron chi connectivity index (χ1n) is 17.9. The molecule has 0 radical (unpaired) electrons. The second-order valence-corrected chi connectivity index (χ2v) is 19.2. The van der Waals surface area contributed by atoms with E-state index in [4.69, 9.17) is 32.8 Å². The summed E-state index contributed by atoms with van der Waals surface area (Å²) in [5.74, 6) is 4.73. The van der Waals surface area contributed by atoms with Crippen LogP contribution in [0.1, 0.15) is 16.7 Å². The summed E-state index contributed by atoms with van der Waals surface area (Å²) in [4.78, 5) is 0. The third-order valence-corrected chi connectivity index (χ3v) is 16.1. The molecular weight excluding hydrogens is 741 g/mol. The van der Waals surface area contributed by atoms with E-state index in [1.54, 1.807) is 42.7 Å². The standard InChI is InChI=1S/C43H48O7Si4/c1-44-34-10-7-13-37(40(34)47-4)52-31-22-16-28(17-23-31)43(50-51,29-18-24-32(25-19-29)53-38-14-8-11-35(45-2)41(38)48-5)30-20-26-33(27-21-30)54-39-15-9-12-36(46-3)42(39)49-6/h7-27H,52-54H2,1-6,51H3. The zero-order valence-corrected chi connectivity index (χ0v) is 38.3. The molecule has 0 aliphatic rings. The van der Waals surface area contributed by atoms with E-state index in [1.165, 1.54) is 31.1 Å². The zero-order chi connectivity index (χ0) is 38.1. The van der Waals surface area contributed by atoms with Gasteiger partial charge in [-0.2, -0.15) is 0 Å². The number of hydrogen-bond acceptors (Lipinski definition) is 7. The highest BCUT2D eigenvalue weighted by Gasteiger charge is 2.36. The number of hydrogen-bond donors (Lipinski definition) is 0. The molecule has 0 bridgehead atoms. The van der Waals surface area contributed by atoms with Gasteiger partial charge in [-0.3, -0.25) is 0 Å². The van der Waals surface area contributed by atoms with Crippen LogP contribution >= 0.6 is 0 Å². The van der Waals surface area contributed by atoms with Gasteiger partial charge in [0, 0.05) is 0 Å². The quantitative estimate of drug-likeness (QED) is 0.106. The van der Waals surface area contributed by atoms with E-state index in [2.05, 4.69) is 91.0 Å². The minimum absolute atomic E-state index is 0.517. The average Bonchev–Trinajstić information content (AvgIpc) is 3.22. The molecule has 0 aliphatic heterocycles. The van der Waals surface area contributed by atoms with Gasteiger partial charge >= 0.3 is 0 Å². The molecule has 7 nitrogen and oxygen atoms in total. The third-order valence-electron chi connectivity index (χ3n) is 10.0. The van der Waals surface area contributed by atoms with Crippen LogP contribution in [0, 0.1) is 0 Å². The lowest BCUT2D eigenvalue weighted by Gasteiger charge is -2.35. The minimum Gasteiger partial charge on any atom is -0.493 e. The number of ether oxygens (including phenoxy) is 6. The van der Waals surface area contributed by atoms with Crippen molar-refractivity contribution < 1.29 is 32.8 Å². The lowest BCUT2D eigenvalue weighted by Crippen LogP contribution is -2.35. The maximum absolute atomic E-state index is 6.83. The van der Waals surface area contributed by atoms with Gasteiger partial charge in [-0.05, 0) is 50.4 Å². The minimum atomic E-state index is -0.852. The number of benzene rings is 6. The van der Waals surface area contributed by atoms with Crippen LogP contribution in [0.2, 0.25) is 0 Å². The fourth-order valence-electron chi connectivity index (χ4n) is 7.36. The topological polar surface area (TPSA) is 64.6 Å². The number of methoxy groups -OCH3 is 6. The zero-order valence-electron chi connectivity index (χ0n) is 32.1. The van der Waals surface area contributed by atoms with Crippen LogP contribution in [0.4, 0.5) is 0 Å². The predicted octanol–water partition coefficient (Wildman–Crippen LogP) is 0.686. The van der Waals surface area contributed by atoms with Crippen LogP contribution < -0.4 is 59.5 Å². The lowest BCUT2D eigenvalue weighted by molar-refractivity contribution is 0.173. The molecule has 0 atom stereocenters. The van der Waals surface area contributed by atoms with E-state index in [9.17, 15) is 0 Å². The first-order chi connectivity index (χ1) is 26.4. The molecule has 278 valence electrons. The van der Waals surface area contributed by atoms with Crippen molar-refractivity contribution in [2.75, 3.05) is 42.7 Å². The van der Waals surface area contributed by atoms with Crippen LogP contribution in [0.15, 0.2) is 127 Å². The van der Waals surface area contributed by atoms with Gasteiger partial charge in [0.15, 0.2) is 34.5 Å². The highest BCUT2D eigenvalue weighted by atomic mass is 28.2. The van der Waals surface area contributed by atoms with Crippen molar-refractivity contribution >= 4 is 70.2 Å². The molecule has 0 amide bonds. The summed E-state index contributed by atoms with van der Waals surface area (Å²) in [6, 6.07) is 45.3. The summed E-state index contributed by atoms with van der Waals surface area (Å²) in [7, 11) is 8.12. The molecule has 0 N–H and O–H groups in total. The summed E-state index contributed by atoms with van der Waals surface area (Å²) >= 11 is 0. The van der Waals surface area contributed by atoms with Gasteiger partial charge in [0.1, 0.15) is 16.1 Å². The van der Waals surface area contributed by atoms with E-state index in [-0.39, 0.29) is 0 Å². The Bertz CT molecular complexity index is 1920. The third kappa shape index (κ3) is 7.91. The van der Waals surface area contributed by atoms with Crippen LogP contribution in [0.5, 0.6) is 34.5 Å². The van der Waals surface area contributed by atoms with Gasteiger partial charge in [-0.25, -0.2) is 0 Å². The van der Waals surface area contributed by atoms with Gasteiger partial charge in [-0.1, -0.05) is 125 Å². The van der Waals surface area contributed by atoms with E-state index in [1.807, 2.05) is 36.4 Å². The molecule has 54 heavy (non-hydrogen) atoms. The monoisotopic (exact) mass is 788 g/mol. The van der Waals surface area contributed by atoms with Crippen LogP contribution in [-0.4, -0.2) is 81.7 Å². The Morgan fingerprint density at radius 3 is 0.870 bits per heavy atom. The van der Waals surface area contributed by atoms with Gasteiger partial charge < -0.3 is 32.8 Å². The summed E-state index contributed by atoms with van der Waals surface area (Å²) in [6.45, 7) is 0. The predicted molar refractivity (Wildman–Crippen MR) is 232 cm³/mol. The fourth-order valence-corrected chi connectivity index (χ4v) is 13.0. The number of rotatable bonds is 16. The van der Waals surface area contributed by atoms with E-state index in [0.29, 0.717) is 10.5 Å². The van der Waals surface area contributed by atoms with Crippen molar-refractivity contribution in [2.45, 2.75) is 5.60 Å². The lowest BCUT2D eigenvalue weighted by atomic mass is 9.80. The Morgan fingerprint density at radius 1 is 0.370 bits per heavy atom. The first kappa shape index (κ1) is 38.7. The maximum Gasteiger partial charge on any atom is 0.160 e. The van der Waals surface area contributed by atoms with Crippen molar-refractivity contribution in [2.24, 2.45) is 0 Å². The Kier molecular flexibility index (Phi) is 12.8. The molecule has 0 unspecified atom stereocenters. The fraction of sp³-hybridized carbons (Fsp3) is 0.163. The molecule has 6 aromatic rings. The Morgan fingerprint density at radius 2 is 0.648 bits per heavy atom. The van der Waals surface area contributed by atoms with Gasteiger partial charge in [0.2, 0.25) is 0 Å². The molecule has 0 saturated carbocycles. The van der Waals surface area contributed by atoms with Crippen LogP contribution in [-0.2, 0) is 10.0 Å². The van der Waals surface area contributed by atoms with Crippen molar-refractivity contribution in [3.63, 3.8) is 0 Å². The molecule has 0 saturated heterocycles. The van der Waals surface area contributed by atoms with Crippen molar-refractivity contribution in [3.8, 4) is 34.5 Å².